The molecule has 1 aliphatic carbocycles. The standard InChI is InChI=1S/C28H34FN3O3/c1-18-20-11-4-5-12-21(20)26-22(30)13-8-15-24(26)32(27(18)34)28(35)23(14-6-7-16-29)31-25(33)17-19-9-2-3-10-19/h4-5,8,11-13,15,18-19,23H,2-3,6-7,9-10,14,16-17,30H2,1H3,(H,31,33)/t18?,23-/m0/s1. The van der Waals surface area contributed by atoms with Crippen molar-refractivity contribution >= 4 is 29.1 Å². The Morgan fingerprint density at radius 3 is 2.60 bits per heavy atom. The number of carbonyl (C=O) groups is 3. The van der Waals surface area contributed by atoms with Crippen molar-refractivity contribution < 1.29 is 18.8 Å². The monoisotopic (exact) mass is 479 g/mol. The second-order valence-electron chi connectivity index (χ2n) is 9.72. The average molecular weight is 480 g/mol. The minimum atomic E-state index is -0.915. The lowest BCUT2D eigenvalue weighted by Crippen LogP contribution is -2.51. The number of hydrogen-bond donors (Lipinski definition) is 2. The Labute approximate surface area is 206 Å². The van der Waals surface area contributed by atoms with Gasteiger partial charge in [0.25, 0.3) is 5.91 Å². The van der Waals surface area contributed by atoms with Gasteiger partial charge in [0, 0.05) is 17.7 Å². The van der Waals surface area contributed by atoms with E-state index in [1.807, 2.05) is 24.3 Å². The smallest absolute Gasteiger partial charge is 0.256 e. The second-order valence-corrected chi connectivity index (χ2v) is 9.72. The molecule has 7 heteroatoms. The van der Waals surface area contributed by atoms with Crippen molar-refractivity contribution in [2.75, 3.05) is 17.3 Å². The zero-order valence-electron chi connectivity index (χ0n) is 20.3. The van der Waals surface area contributed by atoms with Crippen LogP contribution in [0.4, 0.5) is 15.8 Å². The molecule has 0 radical (unpaired) electrons. The van der Waals surface area contributed by atoms with Crippen LogP contribution in [0.5, 0.6) is 0 Å². The number of rotatable bonds is 8. The van der Waals surface area contributed by atoms with Gasteiger partial charge in [-0.1, -0.05) is 43.2 Å². The molecule has 1 aliphatic heterocycles. The highest BCUT2D eigenvalue weighted by Gasteiger charge is 2.39. The molecule has 35 heavy (non-hydrogen) atoms. The van der Waals surface area contributed by atoms with Gasteiger partial charge in [-0.2, -0.15) is 0 Å². The van der Waals surface area contributed by atoms with Gasteiger partial charge in [0.15, 0.2) is 0 Å². The molecule has 1 unspecified atom stereocenters. The van der Waals surface area contributed by atoms with Crippen LogP contribution in [-0.2, 0) is 14.4 Å². The van der Waals surface area contributed by atoms with Crippen molar-refractivity contribution in [2.24, 2.45) is 5.92 Å². The minimum absolute atomic E-state index is 0.193. The Kier molecular flexibility index (Phi) is 7.83. The lowest BCUT2D eigenvalue weighted by Gasteiger charge is -2.28. The minimum Gasteiger partial charge on any atom is -0.398 e. The molecule has 2 aromatic carbocycles. The Balaban J connectivity index is 1.69. The lowest BCUT2D eigenvalue weighted by molar-refractivity contribution is -0.132. The van der Waals surface area contributed by atoms with Gasteiger partial charge in [-0.05, 0) is 68.2 Å². The molecule has 186 valence electrons. The first-order valence-corrected chi connectivity index (χ1v) is 12.6. The van der Waals surface area contributed by atoms with Crippen LogP contribution >= 0.6 is 0 Å². The molecule has 2 aliphatic rings. The molecule has 0 saturated heterocycles. The largest absolute Gasteiger partial charge is 0.398 e. The third-order valence-electron chi connectivity index (χ3n) is 7.28. The summed E-state index contributed by atoms with van der Waals surface area (Å²) in [5, 5.41) is 2.89. The van der Waals surface area contributed by atoms with Crippen LogP contribution in [0.1, 0.15) is 69.8 Å². The van der Waals surface area contributed by atoms with Crippen molar-refractivity contribution in [3.63, 3.8) is 0 Å². The number of nitrogens with zero attached hydrogens (tertiary/aromatic N) is 1. The van der Waals surface area contributed by atoms with E-state index in [1.165, 1.54) is 4.90 Å². The van der Waals surface area contributed by atoms with Gasteiger partial charge < -0.3 is 11.1 Å². The molecule has 3 amide bonds. The van der Waals surface area contributed by atoms with Gasteiger partial charge in [-0.3, -0.25) is 18.8 Å². The molecule has 1 fully saturated rings. The van der Waals surface area contributed by atoms with Crippen molar-refractivity contribution in [3.8, 4) is 11.1 Å². The van der Waals surface area contributed by atoms with E-state index in [-0.39, 0.29) is 18.2 Å². The van der Waals surface area contributed by atoms with Crippen molar-refractivity contribution in [1.82, 2.24) is 5.32 Å². The normalized spacial score (nSPS) is 18.5. The first-order valence-electron chi connectivity index (χ1n) is 12.6. The summed E-state index contributed by atoms with van der Waals surface area (Å²) in [6.45, 7) is 1.28. The number of nitrogen functional groups attached to an aromatic ring is 1. The summed E-state index contributed by atoms with van der Waals surface area (Å²) in [6, 6.07) is 11.8. The highest BCUT2D eigenvalue weighted by molar-refractivity contribution is 6.22. The van der Waals surface area contributed by atoms with Crippen LogP contribution in [0.25, 0.3) is 11.1 Å². The van der Waals surface area contributed by atoms with Gasteiger partial charge in [-0.25, -0.2) is 4.90 Å². The van der Waals surface area contributed by atoms with E-state index < -0.39 is 24.5 Å². The highest BCUT2D eigenvalue weighted by atomic mass is 19.1. The maximum Gasteiger partial charge on any atom is 0.256 e. The molecule has 0 aromatic heterocycles. The first kappa shape index (κ1) is 24.9. The summed E-state index contributed by atoms with van der Waals surface area (Å²) >= 11 is 0. The molecule has 1 saturated carbocycles. The van der Waals surface area contributed by atoms with Gasteiger partial charge in [0.2, 0.25) is 11.8 Å². The van der Waals surface area contributed by atoms with Crippen LogP contribution < -0.4 is 16.0 Å². The van der Waals surface area contributed by atoms with E-state index in [0.29, 0.717) is 42.1 Å². The number of amides is 3. The fourth-order valence-corrected chi connectivity index (χ4v) is 5.40. The summed E-state index contributed by atoms with van der Waals surface area (Å²) < 4.78 is 12.8. The van der Waals surface area contributed by atoms with Crippen LogP contribution in [0.15, 0.2) is 42.5 Å². The Morgan fingerprint density at radius 1 is 1.11 bits per heavy atom. The van der Waals surface area contributed by atoms with Crippen molar-refractivity contribution in [2.45, 2.75) is 70.3 Å². The molecule has 4 rings (SSSR count). The number of alkyl halides is 1. The molecule has 1 heterocycles. The van der Waals surface area contributed by atoms with Crippen LogP contribution in [0, 0.1) is 5.92 Å². The van der Waals surface area contributed by atoms with E-state index >= 15 is 0 Å². The number of benzene rings is 2. The number of imide groups is 1. The van der Waals surface area contributed by atoms with Crippen LogP contribution in [-0.4, -0.2) is 30.4 Å². The topological polar surface area (TPSA) is 92.5 Å². The summed E-state index contributed by atoms with van der Waals surface area (Å²) in [5.41, 5.74) is 9.49. The van der Waals surface area contributed by atoms with E-state index in [1.54, 1.807) is 25.1 Å². The highest BCUT2D eigenvalue weighted by Crippen LogP contribution is 2.44. The molecule has 2 atom stereocenters. The molecule has 0 bridgehead atoms. The van der Waals surface area contributed by atoms with Crippen LogP contribution in [0.3, 0.4) is 0 Å². The average Bonchev–Trinajstić information content (AvgIpc) is 3.33. The van der Waals surface area contributed by atoms with Gasteiger partial charge >= 0.3 is 0 Å². The van der Waals surface area contributed by atoms with Gasteiger partial charge in [0.05, 0.1) is 18.3 Å². The number of fused-ring (bicyclic) bond motifs is 3. The summed E-state index contributed by atoms with van der Waals surface area (Å²) in [4.78, 5) is 41.7. The quantitative estimate of drug-likeness (QED) is 0.406. The fourth-order valence-electron chi connectivity index (χ4n) is 5.40. The molecule has 6 nitrogen and oxygen atoms in total. The zero-order chi connectivity index (χ0) is 24.9. The Hall–Kier alpha value is -3.22. The predicted octanol–water partition coefficient (Wildman–Crippen LogP) is 5.12. The molecule has 3 N–H and O–H groups in total. The van der Waals surface area contributed by atoms with E-state index in [0.717, 1.165) is 36.8 Å². The third-order valence-corrected chi connectivity index (χ3v) is 7.28. The van der Waals surface area contributed by atoms with E-state index in [9.17, 15) is 18.8 Å². The van der Waals surface area contributed by atoms with E-state index in [4.69, 9.17) is 5.73 Å². The number of nitrogens with one attached hydrogen (secondary N) is 1. The maximum absolute atomic E-state index is 14.0. The third kappa shape index (κ3) is 5.24. The SMILES string of the molecule is CC1C(=O)N(C(=O)[C@H](CCCCF)NC(=O)CC2CCCC2)c2cccc(N)c2-c2ccccc21. The molecule has 2 aromatic rings. The maximum atomic E-state index is 14.0. The number of hydrogen-bond acceptors (Lipinski definition) is 4. The zero-order valence-corrected chi connectivity index (χ0v) is 20.3. The van der Waals surface area contributed by atoms with E-state index in [2.05, 4.69) is 5.32 Å². The van der Waals surface area contributed by atoms with Crippen LogP contribution in [0.2, 0.25) is 0 Å². The number of carbonyl (C=O) groups excluding carboxylic acids is 3. The second kappa shape index (κ2) is 11.0. The summed E-state index contributed by atoms with van der Waals surface area (Å²) in [5.74, 6) is -1.32. The lowest BCUT2D eigenvalue weighted by atomic mass is 9.92. The number of nitrogens with two attached hydrogens (primary N) is 1. The Morgan fingerprint density at radius 2 is 1.86 bits per heavy atom. The van der Waals surface area contributed by atoms with Gasteiger partial charge in [0.1, 0.15) is 6.04 Å². The van der Waals surface area contributed by atoms with Crippen molar-refractivity contribution in [3.05, 3.63) is 48.0 Å². The van der Waals surface area contributed by atoms with Gasteiger partial charge in [-0.15, -0.1) is 0 Å². The fraction of sp³-hybridized carbons (Fsp3) is 0.464. The predicted molar refractivity (Wildman–Crippen MR) is 136 cm³/mol. The summed E-state index contributed by atoms with van der Waals surface area (Å²) in [6.07, 6.45) is 5.63. The first-order chi connectivity index (χ1) is 16.9. The number of unbranched alkanes of at least 4 members (excludes halogenated alkanes) is 1. The number of anilines is 2. The molecule has 0 spiro atoms. The van der Waals surface area contributed by atoms with Crippen molar-refractivity contribution in [1.29, 1.82) is 0 Å². The Bertz CT molecular complexity index is 1100. The number of halogens is 1. The molecular formula is C28H34FN3O3. The molecular weight excluding hydrogens is 445 g/mol. The summed E-state index contributed by atoms with van der Waals surface area (Å²) in [7, 11) is 0.